The van der Waals surface area contributed by atoms with E-state index >= 15 is 0 Å². The molecule has 2 nitrogen and oxygen atoms in total. The van der Waals surface area contributed by atoms with E-state index < -0.39 is 8.07 Å². The molecule has 0 aromatic heterocycles. The zero-order chi connectivity index (χ0) is 24.1. The molecular formula is C30H44O2Si. The number of terminal acetylenes is 1. The molecule has 0 heterocycles. The fourth-order valence-corrected chi connectivity index (χ4v) is 3.14. The van der Waals surface area contributed by atoms with Gasteiger partial charge in [0.2, 0.25) is 0 Å². The number of hydrogen-bond donors (Lipinski definition) is 0. The van der Waals surface area contributed by atoms with Crippen molar-refractivity contribution >= 4 is 8.07 Å². The minimum atomic E-state index is -1.29. The van der Waals surface area contributed by atoms with E-state index in [2.05, 4.69) is 63.0 Å². The molecule has 0 saturated heterocycles. The van der Waals surface area contributed by atoms with Crippen LogP contribution in [0, 0.1) is 34.6 Å². The molecule has 0 unspecified atom stereocenters. The Hall–Kier alpha value is -2.30. The third kappa shape index (κ3) is 16.0. The summed E-state index contributed by atoms with van der Waals surface area (Å²) in [5.74, 6) is 6.07. The highest BCUT2D eigenvalue weighted by molar-refractivity contribution is 6.83. The molecule has 2 rings (SSSR count). The van der Waals surface area contributed by atoms with Crippen molar-refractivity contribution < 1.29 is 9.47 Å². The maximum Gasteiger partial charge on any atom is 0.129 e. The molecular weight excluding hydrogens is 420 g/mol. The lowest BCUT2D eigenvalue weighted by molar-refractivity contribution is 0.0753. The van der Waals surface area contributed by atoms with Gasteiger partial charge < -0.3 is 9.47 Å². The van der Waals surface area contributed by atoms with Crippen molar-refractivity contribution in [2.45, 2.75) is 68.0 Å². The second-order valence-electron chi connectivity index (χ2n) is 10.4. The molecule has 33 heavy (non-hydrogen) atoms. The van der Waals surface area contributed by atoms with Gasteiger partial charge in [-0.25, -0.2) is 0 Å². The normalized spacial score (nSPS) is 11.1. The molecule has 0 saturated carbocycles. The highest BCUT2D eigenvalue weighted by Gasteiger charge is 2.16. The topological polar surface area (TPSA) is 18.5 Å². The Morgan fingerprint density at radius 3 is 1.48 bits per heavy atom. The quantitative estimate of drug-likeness (QED) is 0.296. The molecule has 2 aromatic rings. The van der Waals surface area contributed by atoms with Crippen LogP contribution in [0.3, 0.4) is 0 Å². The lowest BCUT2D eigenvalue weighted by Gasteiger charge is -2.18. The van der Waals surface area contributed by atoms with Crippen LogP contribution in [0.1, 0.15) is 46.2 Å². The molecule has 0 N–H and O–H groups in total. The molecule has 2 aromatic carbocycles. The average molecular weight is 465 g/mol. The van der Waals surface area contributed by atoms with Crippen LogP contribution in [0.25, 0.3) is 0 Å². The molecule has 0 atom stereocenters. The van der Waals surface area contributed by atoms with Crippen molar-refractivity contribution in [1.29, 1.82) is 0 Å². The summed E-state index contributed by atoms with van der Waals surface area (Å²) in [5, 5.41) is 0. The van der Waals surface area contributed by atoms with Crippen LogP contribution < -0.4 is 0 Å². The number of rotatable bonds is 8. The third-order valence-electron chi connectivity index (χ3n) is 4.32. The van der Waals surface area contributed by atoms with Crippen LogP contribution in [0.5, 0.6) is 0 Å². The number of hydrogen-bond acceptors (Lipinski definition) is 2. The van der Waals surface area contributed by atoms with Gasteiger partial charge in [-0.05, 0) is 38.8 Å². The van der Waals surface area contributed by atoms with E-state index in [0.29, 0.717) is 26.4 Å². The lowest BCUT2D eigenvalue weighted by atomic mass is 9.96. The van der Waals surface area contributed by atoms with Gasteiger partial charge in [0.25, 0.3) is 0 Å². The smallest absolute Gasteiger partial charge is 0.129 e. The summed E-state index contributed by atoms with van der Waals surface area (Å²) in [5.41, 5.74) is 5.58. The van der Waals surface area contributed by atoms with Crippen molar-refractivity contribution in [2.24, 2.45) is 10.8 Å². The Balaban J connectivity index is 0.000000620. The van der Waals surface area contributed by atoms with E-state index in [1.807, 2.05) is 62.4 Å². The van der Waals surface area contributed by atoms with Gasteiger partial charge in [-0.2, -0.15) is 0 Å². The molecule has 3 heteroatoms. The molecule has 0 spiro atoms. The molecule has 0 radical (unpaired) electrons. The highest BCUT2D eigenvalue weighted by Crippen LogP contribution is 2.16. The molecule has 0 aliphatic rings. The van der Waals surface area contributed by atoms with Crippen molar-refractivity contribution in [3.05, 3.63) is 71.8 Å². The summed E-state index contributed by atoms with van der Waals surface area (Å²) in [6, 6.07) is 20.4. The first-order chi connectivity index (χ1) is 14.9. The zero-order valence-electron chi connectivity index (χ0n) is 21.0. The Bertz CT molecular complexity index is 876. The monoisotopic (exact) mass is 464 g/mol. The third-order valence-corrected chi connectivity index (χ3v) is 5.19. The van der Waals surface area contributed by atoms with Crippen molar-refractivity contribution in [2.75, 3.05) is 13.2 Å². The molecule has 0 fully saturated rings. The standard InChI is InChI=1S/C16H24OSi.C13H16O.CH4/c1-16(2,11-12-18(3,4)5)14-17-13-15-9-7-6-8-10-15;1-4-13(2,3)11-14-10-12-8-6-5-7-9-12;/h6-10H,13-14H2,1-5H3;1,5-9H,10-11H2,2-3H3;1H4. The summed E-state index contributed by atoms with van der Waals surface area (Å²) < 4.78 is 11.3. The summed E-state index contributed by atoms with van der Waals surface area (Å²) in [6.45, 7) is 17.7. The summed E-state index contributed by atoms with van der Waals surface area (Å²) in [4.78, 5) is 0. The zero-order valence-corrected chi connectivity index (χ0v) is 22.0. The van der Waals surface area contributed by atoms with Gasteiger partial charge in [-0.1, -0.05) is 93.7 Å². The molecule has 0 bridgehead atoms. The van der Waals surface area contributed by atoms with Gasteiger partial charge >= 0.3 is 0 Å². The Morgan fingerprint density at radius 1 is 0.727 bits per heavy atom. The minimum Gasteiger partial charge on any atom is -0.375 e. The maximum atomic E-state index is 5.76. The fourth-order valence-electron chi connectivity index (χ4n) is 2.43. The minimum absolute atomic E-state index is 0. The maximum absolute atomic E-state index is 5.76. The number of ether oxygens (including phenoxy) is 2. The SMILES string of the molecule is C.C#CC(C)(C)COCc1ccccc1.CC(C)(C#C[Si](C)(C)C)COCc1ccccc1. The average Bonchev–Trinajstić information content (AvgIpc) is 2.74. The van der Waals surface area contributed by atoms with E-state index in [0.717, 1.165) is 0 Å². The molecule has 180 valence electrons. The summed E-state index contributed by atoms with van der Waals surface area (Å²) in [6.07, 6.45) is 5.36. The van der Waals surface area contributed by atoms with Gasteiger partial charge in [0, 0.05) is 10.8 Å². The van der Waals surface area contributed by atoms with E-state index in [-0.39, 0.29) is 18.3 Å². The second-order valence-corrected chi connectivity index (χ2v) is 15.1. The first-order valence-corrected chi connectivity index (χ1v) is 14.7. The van der Waals surface area contributed by atoms with Crippen LogP contribution in [-0.2, 0) is 22.7 Å². The Kier molecular flexibility index (Phi) is 13.7. The molecule has 0 aliphatic carbocycles. The highest BCUT2D eigenvalue weighted by atomic mass is 28.3. The summed E-state index contributed by atoms with van der Waals surface area (Å²) >= 11 is 0. The Labute approximate surface area is 205 Å². The fraction of sp³-hybridized carbons (Fsp3) is 0.467. The predicted octanol–water partition coefficient (Wildman–Crippen LogP) is 7.61. The molecule has 0 amide bonds. The second kappa shape index (κ2) is 14.8. The van der Waals surface area contributed by atoms with Gasteiger partial charge in [0.15, 0.2) is 0 Å². The van der Waals surface area contributed by atoms with Gasteiger partial charge in [0.05, 0.1) is 26.4 Å². The molecule has 0 aliphatic heterocycles. The van der Waals surface area contributed by atoms with Gasteiger partial charge in [-0.3, -0.25) is 0 Å². The predicted molar refractivity (Wildman–Crippen MR) is 146 cm³/mol. The van der Waals surface area contributed by atoms with E-state index in [1.165, 1.54) is 11.1 Å². The van der Waals surface area contributed by atoms with Crippen molar-refractivity contribution in [3.8, 4) is 23.8 Å². The van der Waals surface area contributed by atoms with Crippen LogP contribution in [0.4, 0.5) is 0 Å². The summed E-state index contributed by atoms with van der Waals surface area (Å²) in [7, 11) is -1.29. The van der Waals surface area contributed by atoms with Crippen LogP contribution in [-0.4, -0.2) is 21.3 Å². The van der Waals surface area contributed by atoms with Crippen molar-refractivity contribution in [1.82, 2.24) is 0 Å². The van der Waals surface area contributed by atoms with Crippen LogP contribution >= 0.6 is 0 Å². The van der Waals surface area contributed by atoms with Gasteiger partial charge in [-0.15, -0.1) is 17.9 Å². The first-order valence-electron chi connectivity index (χ1n) is 11.2. The number of benzene rings is 2. The van der Waals surface area contributed by atoms with Crippen molar-refractivity contribution in [3.63, 3.8) is 0 Å². The van der Waals surface area contributed by atoms with E-state index in [9.17, 15) is 0 Å². The van der Waals surface area contributed by atoms with E-state index in [1.54, 1.807) is 0 Å². The Morgan fingerprint density at radius 2 is 1.12 bits per heavy atom. The van der Waals surface area contributed by atoms with Crippen LogP contribution in [0.2, 0.25) is 19.6 Å². The van der Waals surface area contributed by atoms with Crippen LogP contribution in [0.15, 0.2) is 60.7 Å². The van der Waals surface area contributed by atoms with E-state index in [4.69, 9.17) is 15.9 Å². The first kappa shape index (κ1) is 30.7. The largest absolute Gasteiger partial charge is 0.375 e. The lowest BCUT2D eigenvalue weighted by Crippen LogP contribution is -2.21. The van der Waals surface area contributed by atoms with Gasteiger partial charge in [0.1, 0.15) is 8.07 Å².